The highest BCUT2D eigenvalue weighted by molar-refractivity contribution is 5.57. The number of benzene rings is 2. The molecule has 0 amide bonds. The topological polar surface area (TPSA) is 0 Å². The number of halogens is 6. The predicted molar refractivity (Wildman–Crippen MR) is 81.6 cm³/mol. The number of hydrogen-bond donors (Lipinski definition) is 0. The van der Waals surface area contributed by atoms with Crippen LogP contribution in [0.4, 0.5) is 26.3 Å². The highest BCUT2D eigenvalue weighted by atomic mass is 19.4. The minimum absolute atomic E-state index is 0.510. The van der Waals surface area contributed by atoms with Crippen molar-refractivity contribution in [2.75, 3.05) is 0 Å². The van der Waals surface area contributed by atoms with Crippen molar-refractivity contribution in [1.29, 1.82) is 0 Å². The zero-order valence-corrected chi connectivity index (χ0v) is 12.5. The largest absolute Gasteiger partial charge is 0.411 e. The SMILES string of the molecule is C#Cc1ccccc1C(c1ccccc1C#C)(C(F)(F)F)C(F)(F)F. The normalized spacial score (nSPS) is 12.3. The highest BCUT2D eigenvalue weighted by Gasteiger charge is 2.73. The fraction of sp³-hybridized carbons (Fsp3) is 0.158. The summed E-state index contributed by atoms with van der Waals surface area (Å²) in [7, 11) is 0. The third-order valence-electron chi connectivity index (χ3n) is 3.82. The summed E-state index contributed by atoms with van der Waals surface area (Å²) >= 11 is 0. The maximum absolute atomic E-state index is 14.0. The average molecular weight is 352 g/mol. The van der Waals surface area contributed by atoms with Crippen molar-refractivity contribution in [3.8, 4) is 24.7 Å². The van der Waals surface area contributed by atoms with Crippen LogP contribution in [-0.4, -0.2) is 12.4 Å². The Balaban J connectivity index is 3.11. The van der Waals surface area contributed by atoms with E-state index in [0.29, 0.717) is 0 Å². The van der Waals surface area contributed by atoms with Crippen LogP contribution in [0, 0.1) is 24.7 Å². The van der Waals surface area contributed by atoms with E-state index in [1.54, 1.807) is 0 Å². The van der Waals surface area contributed by atoms with Gasteiger partial charge in [-0.1, -0.05) is 48.2 Å². The zero-order chi connectivity index (χ0) is 18.9. The van der Waals surface area contributed by atoms with Gasteiger partial charge in [0.2, 0.25) is 5.41 Å². The summed E-state index contributed by atoms with van der Waals surface area (Å²) in [6.45, 7) is 0. The van der Waals surface area contributed by atoms with Crippen LogP contribution >= 0.6 is 0 Å². The molecule has 0 unspecified atom stereocenters. The van der Waals surface area contributed by atoms with Crippen LogP contribution in [0.2, 0.25) is 0 Å². The van der Waals surface area contributed by atoms with Crippen molar-refractivity contribution in [3.05, 3.63) is 70.8 Å². The lowest BCUT2D eigenvalue weighted by Gasteiger charge is -2.39. The van der Waals surface area contributed by atoms with Crippen LogP contribution in [0.15, 0.2) is 48.5 Å². The summed E-state index contributed by atoms with van der Waals surface area (Å²) in [5.41, 5.74) is -7.53. The van der Waals surface area contributed by atoms with Crippen LogP contribution in [0.3, 0.4) is 0 Å². The maximum Gasteiger partial charge on any atom is 0.411 e. The molecule has 0 aliphatic carbocycles. The van der Waals surface area contributed by atoms with Gasteiger partial charge in [-0.05, 0) is 23.3 Å². The zero-order valence-electron chi connectivity index (χ0n) is 12.5. The van der Waals surface area contributed by atoms with E-state index in [9.17, 15) is 26.3 Å². The van der Waals surface area contributed by atoms with E-state index in [2.05, 4.69) is 0 Å². The van der Waals surface area contributed by atoms with Gasteiger partial charge in [-0.3, -0.25) is 0 Å². The maximum atomic E-state index is 14.0. The Bertz CT molecular complexity index is 785. The van der Waals surface area contributed by atoms with Gasteiger partial charge in [0.1, 0.15) is 0 Å². The first-order valence-electron chi connectivity index (χ1n) is 6.87. The molecule has 0 bridgehead atoms. The minimum Gasteiger partial charge on any atom is -0.169 e. The number of hydrogen-bond acceptors (Lipinski definition) is 0. The molecule has 0 fully saturated rings. The van der Waals surface area contributed by atoms with Crippen molar-refractivity contribution < 1.29 is 26.3 Å². The minimum atomic E-state index is -5.73. The van der Waals surface area contributed by atoms with Crippen molar-refractivity contribution in [2.24, 2.45) is 0 Å². The van der Waals surface area contributed by atoms with Gasteiger partial charge >= 0.3 is 12.4 Å². The van der Waals surface area contributed by atoms with Gasteiger partial charge in [-0.15, -0.1) is 12.8 Å². The molecule has 0 spiro atoms. The summed E-state index contributed by atoms with van der Waals surface area (Å²) in [6.07, 6.45) is -1.15. The first-order chi connectivity index (χ1) is 11.6. The van der Waals surface area contributed by atoms with Crippen LogP contribution in [-0.2, 0) is 5.41 Å². The predicted octanol–water partition coefficient (Wildman–Crippen LogP) is 5.06. The number of rotatable bonds is 2. The van der Waals surface area contributed by atoms with Crippen molar-refractivity contribution in [1.82, 2.24) is 0 Å². The van der Waals surface area contributed by atoms with Crippen molar-refractivity contribution >= 4 is 0 Å². The van der Waals surface area contributed by atoms with E-state index in [-0.39, 0.29) is 0 Å². The summed E-state index contributed by atoms with van der Waals surface area (Å²) in [5, 5.41) is 0. The van der Waals surface area contributed by atoms with Crippen LogP contribution in [0.1, 0.15) is 22.3 Å². The molecule has 0 aromatic heterocycles. The quantitative estimate of drug-likeness (QED) is 0.524. The van der Waals surface area contributed by atoms with Crippen LogP contribution in [0.5, 0.6) is 0 Å². The standard InChI is InChI=1S/C19H10F6/c1-3-13-9-5-7-11-15(13)17(18(20,21)22,19(23,24)25)16-12-8-6-10-14(16)4-2/h1-2,5-12H. The molecule has 0 radical (unpaired) electrons. The number of terminal acetylenes is 2. The van der Waals surface area contributed by atoms with Gasteiger partial charge in [0.15, 0.2) is 0 Å². The summed E-state index contributed by atoms with van der Waals surface area (Å²) in [5.74, 6) is 3.80. The van der Waals surface area contributed by atoms with Gasteiger partial charge < -0.3 is 0 Å². The Morgan fingerprint density at radius 3 is 1.20 bits per heavy atom. The molecule has 0 nitrogen and oxygen atoms in total. The van der Waals surface area contributed by atoms with Crippen LogP contribution in [0.25, 0.3) is 0 Å². The van der Waals surface area contributed by atoms with E-state index in [1.807, 2.05) is 11.8 Å². The molecule has 0 saturated carbocycles. The smallest absolute Gasteiger partial charge is 0.169 e. The van der Waals surface area contributed by atoms with Gasteiger partial charge in [0.05, 0.1) is 0 Å². The Morgan fingerprint density at radius 1 is 0.600 bits per heavy atom. The second-order valence-electron chi connectivity index (χ2n) is 5.13. The summed E-state index contributed by atoms with van der Waals surface area (Å²) < 4.78 is 84.1. The van der Waals surface area contributed by atoms with Crippen molar-refractivity contribution in [3.63, 3.8) is 0 Å². The van der Waals surface area contributed by atoms with E-state index in [0.717, 1.165) is 36.4 Å². The molecule has 0 aliphatic rings. The molecule has 2 aromatic carbocycles. The fourth-order valence-corrected chi connectivity index (χ4v) is 2.79. The first kappa shape index (κ1) is 18.5. The molecule has 0 aliphatic heterocycles. The van der Waals surface area contributed by atoms with Gasteiger partial charge in [-0.2, -0.15) is 26.3 Å². The van der Waals surface area contributed by atoms with Gasteiger partial charge in [0, 0.05) is 11.1 Å². The Morgan fingerprint density at radius 2 is 0.920 bits per heavy atom. The second-order valence-corrected chi connectivity index (χ2v) is 5.13. The van der Waals surface area contributed by atoms with Gasteiger partial charge in [0.25, 0.3) is 0 Å². The molecule has 25 heavy (non-hydrogen) atoms. The monoisotopic (exact) mass is 352 g/mol. The Hall–Kier alpha value is -2.86. The Labute approximate surface area is 140 Å². The second kappa shape index (κ2) is 6.22. The average Bonchev–Trinajstić information content (AvgIpc) is 2.53. The lowest BCUT2D eigenvalue weighted by Crippen LogP contribution is -2.55. The lowest BCUT2D eigenvalue weighted by atomic mass is 9.70. The van der Waals surface area contributed by atoms with E-state index in [4.69, 9.17) is 12.8 Å². The summed E-state index contributed by atoms with van der Waals surface area (Å²) in [4.78, 5) is 0. The first-order valence-corrected chi connectivity index (χ1v) is 6.87. The molecule has 2 rings (SSSR count). The third-order valence-corrected chi connectivity index (χ3v) is 3.82. The highest BCUT2D eigenvalue weighted by Crippen LogP contribution is 2.57. The Kier molecular flexibility index (Phi) is 4.59. The molecule has 0 saturated heterocycles. The third kappa shape index (κ3) is 2.74. The molecule has 6 heteroatoms. The van der Waals surface area contributed by atoms with Crippen molar-refractivity contribution in [2.45, 2.75) is 17.8 Å². The molecule has 128 valence electrons. The van der Waals surface area contributed by atoms with E-state index < -0.39 is 40.0 Å². The van der Waals surface area contributed by atoms with E-state index in [1.165, 1.54) is 12.1 Å². The lowest BCUT2D eigenvalue weighted by molar-refractivity contribution is -0.288. The molecular formula is C19H10F6. The number of alkyl halides is 6. The molecule has 0 atom stereocenters. The van der Waals surface area contributed by atoms with Crippen LogP contribution < -0.4 is 0 Å². The molecular weight excluding hydrogens is 342 g/mol. The molecule has 0 N–H and O–H groups in total. The summed E-state index contributed by atoms with van der Waals surface area (Å²) in [6, 6.07) is 8.18. The molecule has 0 heterocycles. The van der Waals surface area contributed by atoms with E-state index >= 15 is 0 Å². The molecule has 2 aromatic rings. The van der Waals surface area contributed by atoms with Gasteiger partial charge in [-0.25, -0.2) is 0 Å². The fourth-order valence-electron chi connectivity index (χ4n) is 2.79.